The smallest absolute Gasteiger partial charge is 0.265 e. The minimum absolute atomic E-state index is 0.0830. The van der Waals surface area contributed by atoms with Crippen molar-refractivity contribution in [1.82, 2.24) is 14.5 Å². The zero-order valence-corrected chi connectivity index (χ0v) is 12.2. The van der Waals surface area contributed by atoms with E-state index in [9.17, 15) is 4.79 Å². The number of aromatic nitrogens is 3. The van der Waals surface area contributed by atoms with Gasteiger partial charge in [0.1, 0.15) is 11.3 Å². The molecular weight excluding hydrogens is 276 g/mol. The zero-order valence-electron chi connectivity index (χ0n) is 11.4. The molecule has 20 heavy (non-hydrogen) atoms. The van der Waals surface area contributed by atoms with Crippen LogP contribution in [0.2, 0.25) is 0 Å². The fourth-order valence-corrected chi connectivity index (χ4v) is 2.93. The molecule has 0 aromatic carbocycles. The summed E-state index contributed by atoms with van der Waals surface area (Å²) < 4.78 is 7.43. The summed E-state index contributed by atoms with van der Waals surface area (Å²) in [6.07, 6.45) is 3.66. The average Bonchev–Trinajstić information content (AvgIpc) is 3.00. The molecule has 2 aromatic heterocycles. The summed E-state index contributed by atoms with van der Waals surface area (Å²) in [5, 5.41) is 1.51. The third-order valence-electron chi connectivity index (χ3n) is 3.65. The van der Waals surface area contributed by atoms with Crippen molar-refractivity contribution >= 4 is 28.7 Å². The van der Waals surface area contributed by atoms with Crippen LogP contribution in [0.5, 0.6) is 0 Å². The van der Waals surface area contributed by atoms with Crippen molar-refractivity contribution in [2.24, 2.45) is 11.7 Å². The number of hydrogen-bond acceptors (Lipinski definition) is 5. The SMILES string of the molecule is CSc1ncc2cc(C(N)=O)n([C@H]3COC[C@@H]3C)c2n1. The van der Waals surface area contributed by atoms with Gasteiger partial charge in [0, 0.05) is 17.5 Å². The van der Waals surface area contributed by atoms with Crippen LogP contribution in [-0.2, 0) is 4.74 Å². The van der Waals surface area contributed by atoms with E-state index in [1.165, 1.54) is 11.8 Å². The molecule has 3 rings (SSSR count). The number of nitrogens with zero attached hydrogens (tertiary/aromatic N) is 3. The van der Waals surface area contributed by atoms with E-state index in [0.29, 0.717) is 30.0 Å². The molecule has 2 N–H and O–H groups in total. The van der Waals surface area contributed by atoms with Gasteiger partial charge in [-0.25, -0.2) is 9.97 Å². The Hall–Kier alpha value is -1.60. The molecule has 2 atom stereocenters. The summed E-state index contributed by atoms with van der Waals surface area (Å²) in [5.41, 5.74) is 6.73. The molecule has 0 aliphatic carbocycles. The topological polar surface area (TPSA) is 83.0 Å². The first kappa shape index (κ1) is 13.4. The van der Waals surface area contributed by atoms with Gasteiger partial charge in [-0.2, -0.15) is 0 Å². The van der Waals surface area contributed by atoms with Crippen molar-refractivity contribution < 1.29 is 9.53 Å². The summed E-state index contributed by atoms with van der Waals surface area (Å²) in [4.78, 5) is 20.5. The van der Waals surface area contributed by atoms with E-state index in [1.54, 1.807) is 12.3 Å². The third-order valence-corrected chi connectivity index (χ3v) is 4.21. The lowest BCUT2D eigenvalue weighted by molar-refractivity contribution is 0.0988. The first-order chi connectivity index (χ1) is 9.61. The Balaban J connectivity index is 2.24. The number of amides is 1. The molecule has 2 aromatic rings. The first-order valence-corrected chi connectivity index (χ1v) is 7.63. The summed E-state index contributed by atoms with van der Waals surface area (Å²) in [5.74, 6) is -0.135. The number of hydrogen-bond donors (Lipinski definition) is 1. The maximum Gasteiger partial charge on any atom is 0.265 e. The maximum absolute atomic E-state index is 11.7. The quantitative estimate of drug-likeness (QED) is 0.684. The molecule has 6 nitrogen and oxygen atoms in total. The van der Waals surface area contributed by atoms with Gasteiger partial charge in [-0.3, -0.25) is 4.79 Å². The van der Waals surface area contributed by atoms with Crippen molar-refractivity contribution in [2.45, 2.75) is 18.1 Å². The van der Waals surface area contributed by atoms with Crippen LogP contribution >= 0.6 is 11.8 Å². The second kappa shape index (κ2) is 5.06. The van der Waals surface area contributed by atoms with Crippen LogP contribution in [0.25, 0.3) is 11.0 Å². The second-order valence-electron chi connectivity index (χ2n) is 4.98. The van der Waals surface area contributed by atoms with Gasteiger partial charge in [0.15, 0.2) is 5.16 Å². The Labute approximate surface area is 120 Å². The van der Waals surface area contributed by atoms with Crippen LogP contribution in [0.3, 0.4) is 0 Å². The van der Waals surface area contributed by atoms with E-state index >= 15 is 0 Å². The van der Waals surface area contributed by atoms with Gasteiger partial charge in [-0.15, -0.1) is 0 Å². The minimum atomic E-state index is -0.451. The summed E-state index contributed by atoms with van der Waals surface area (Å²) in [7, 11) is 0. The highest BCUT2D eigenvalue weighted by atomic mass is 32.2. The predicted octanol–water partition coefficient (Wildman–Crippen LogP) is 1.46. The van der Waals surface area contributed by atoms with Gasteiger partial charge >= 0.3 is 0 Å². The van der Waals surface area contributed by atoms with Crippen molar-refractivity contribution in [3.63, 3.8) is 0 Å². The van der Waals surface area contributed by atoms with Gasteiger partial charge in [-0.05, 0) is 12.3 Å². The maximum atomic E-state index is 11.7. The zero-order chi connectivity index (χ0) is 14.3. The van der Waals surface area contributed by atoms with Crippen LogP contribution in [0.15, 0.2) is 17.4 Å². The highest BCUT2D eigenvalue weighted by molar-refractivity contribution is 7.98. The number of nitrogens with two attached hydrogens (primary N) is 1. The second-order valence-corrected chi connectivity index (χ2v) is 5.75. The Kier molecular flexibility index (Phi) is 3.39. The van der Waals surface area contributed by atoms with Gasteiger partial charge in [0.2, 0.25) is 0 Å². The number of carbonyl (C=O) groups excluding carboxylic acids is 1. The molecular formula is C13H16N4O2S. The van der Waals surface area contributed by atoms with Crippen LogP contribution in [0.4, 0.5) is 0 Å². The number of carbonyl (C=O) groups is 1. The standard InChI is InChI=1S/C13H16N4O2S/c1-7-5-19-6-10(7)17-9(11(14)18)3-8-4-15-13(20-2)16-12(8)17/h3-4,7,10H,5-6H2,1-2H3,(H2,14,18)/t7-,10-/m0/s1. The molecule has 0 spiro atoms. The lowest BCUT2D eigenvalue weighted by atomic mass is 10.1. The molecule has 1 amide bonds. The highest BCUT2D eigenvalue weighted by Crippen LogP contribution is 2.31. The van der Waals surface area contributed by atoms with Crippen LogP contribution in [0, 0.1) is 5.92 Å². The van der Waals surface area contributed by atoms with Gasteiger partial charge in [-0.1, -0.05) is 18.7 Å². The minimum Gasteiger partial charge on any atom is -0.379 e. The third kappa shape index (κ3) is 2.06. The Bertz CT molecular complexity index is 670. The highest BCUT2D eigenvalue weighted by Gasteiger charge is 2.30. The molecule has 0 saturated carbocycles. The van der Waals surface area contributed by atoms with E-state index in [4.69, 9.17) is 10.5 Å². The monoisotopic (exact) mass is 292 g/mol. The van der Waals surface area contributed by atoms with E-state index in [2.05, 4.69) is 16.9 Å². The first-order valence-electron chi connectivity index (χ1n) is 6.41. The molecule has 1 fully saturated rings. The van der Waals surface area contributed by atoms with Crippen molar-refractivity contribution in [1.29, 1.82) is 0 Å². The van der Waals surface area contributed by atoms with E-state index in [-0.39, 0.29) is 6.04 Å². The number of fused-ring (bicyclic) bond motifs is 1. The van der Waals surface area contributed by atoms with Crippen molar-refractivity contribution in [2.75, 3.05) is 19.5 Å². The molecule has 1 aliphatic rings. The Morgan fingerprint density at radius 3 is 2.95 bits per heavy atom. The molecule has 106 valence electrons. The number of ether oxygens (including phenoxy) is 1. The number of rotatable bonds is 3. The average molecular weight is 292 g/mol. The normalized spacial score (nSPS) is 22.5. The molecule has 0 radical (unpaired) electrons. The molecule has 1 aliphatic heterocycles. The molecule has 3 heterocycles. The molecule has 0 unspecified atom stereocenters. The largest absolute Gasteiger partial charge is 0.379 e. The number of primary amides is 1. The van der Waals surface area contributed by atoms with Gasteiger partial charge in [0.05, 0.1) is 19.3 Å². The van der Waals surface area contributed by atoms with E-state index in [1.807, 2.05) is 10.8 Å². The summed E-state index contributed by atoms with van der Waals surface area (Å²) in [6, 6.07) is 1.84. The lowest BCUT2D eigenvalue weighted by Crippen LogP contribution is -2.23. The van der Waals surface area contributed by atoms with Gasteiger partial charge < -0.3 is 15.0 Å². The number of thioether (sulfide) groups is 1. The van der Waals surface area contributed by atoms with E-state index < -0.39 is 5.91 Å². The van der Waals surface area contributed by atoms with E-state index in [0.717, 1.165) is 11.0 Å². The molecule has 7 heteroatoms. The summed E-state index contributed by atoms with van der Waals surface area (Å²) in [6.45, 7) is 3.36. The van der Waals surface area contributed by atoms with Gasteiger partial charge in [0.25, 0.3) is 5.91 Å². The fourth-order valence-electron chi connectivity index (χ4n) is 2.60. The Morgan fingerprint density at radius 1 is 1.55 bits per heavy atom. The van der Waals surface area contributed by atoms with Crippen molar-refractivity contribution in [3.05, 3.63) is 18.0 Å². The van der Waals surface area contributed by atoms with Crippen molar-refractivity contribution in [3.8, 4) is 0 Å². The van der Waals surface area contributed by atoms with Crippen LogP contribution in [-0.4, -0.2) is 39.9 Å². The Morgan fingerprint density at radius 2 is 2.35 bits per heavy atom. The predicted molar refractivity (Wildman–Crippen MR) is 76.8 cm³/mol. The summed E-state index contributed by atoms with van der Waals surface area (Å²) >= 11 is 1.47. The molecule has 1 saturated heterocycles. The lowest BCUT2D eigenvalue weighted by Gasteiger charge is -2.18. The molecule has 0 bridgehead atoms. The van der Waals surface area contributed by atoms with Crippen LogP contribution < -0.4 is 5.73 Å². The fraction of sp³-hybridized carbons (Fsp3) is 0.462. The van der Waals surface area contributed by atoms with Crippen LogP contribution in [0.1, 0.15) is 23.5 Å².